The van der Waals surface area contributed by atoms with Crippen molar-refractivity contribution >= 4 is 17.5 Å². The van der Waals surface area contributed by atoms with Gasteiger partial charge < -0.3 is 19.7 Å². The van der Waals surface area contributed by atoms with Gasteiger partial charge >= 0.3 is 0 Å². The summed E-state index contributed by atoms with van der Waals surface area (Å²) in [5, 5.41) is 2.98. The minimum absolute atomic E-state index is 0.0870. The van der Waals surface area contributed by atoms with E-state index in [1.54, 1.807) is 12.1 Å². The molecule has 1 aliphatic heterocycles. The number of piperidine rings is 1. The number of hydrogen-bond acceptors (Lipinski definition) is 4. The Labute approximate surface area is 162 Å². The van der Waals surface area contributed by atoms with E-state index in [0.717, 1.165) is 12.8 Å². The molecule has 1 aliphatic rings. The lowest BCUT2D eigenvalue weighted by molar-refractivity contribution is -0.142. The van der Waals surface area contributed by atoms with Crippen molar-refractivity contribution in [1.82, 2.24) is 4.90 Å². The van der Waals surface area contributed by atoms with Gasteiger partial charge in [0.1, 0.15) is 11.5 Å². The van der Waals surface area contributed by atoms with Gasteiger partial charge in [0, 0.05) is 24.6 Å². The second kappa shape index (κ2) is 9.11. The summed E-state index contributed by atoms with van der Waals surface area (Å²) < 4.78 is 11.2. The van der Waals surface area contributed by atoms with Crippen LogP contribution in [0.1, 0.15) is 47.5 Å². The molecule has 0 aromatic heterocycles. The molecule has 1 aromatic carbocycles. The van der Waals surface area contributed by atoms with Crippen molar-refractivity contribution in [1.29, 1.82) is 0 Å². The third kappa shape index (κ3) is 5.62. The zero-order chi connectivity index (χ0) is 20.0. The van der Waals surface area contributed by atoms with Gasteiger partial charge in [-0.05, 0) is 38.8 Å². The SMILES string of the molecule is CCOc1ccc(OCC)c(NC(=O)C2CCCN(C(=O)C(C)(C)C)C2)c1. The molecule has 0 aliphatic carbocycles. The van der Waals surface area contributed by atoms with Crippen LogP contribution >= 0.6 is 0 Å². The number of amides is 2. The Morgan fingerprint density at radius 3 is 2.52 bits per heavy atom. The first-order valence-electron chi connectivity index (χ1n) is 9.76. The van der Waals surface area contributed by atoms with Crippen molar-refractivity contribution in [3.05, 3.63) is 18.2 Å². The number of nitrogens with one attached hydrogen (secondary N) is 1. The van der Waals surface area contributed by atoms with Gasteiger partial charge in [0.15, 0.2) is 0 Å². The van der Waals surface area contributed by atoms with Crippen LogP contribution in [-0.2, 0) is 9.59 Å². The second-order valence-electron chi connectivity index (χ2n) is 7.85. The van der Waals surface area contributed by atoms with Gasteiger partial charge in [-0.15, -0.1) is 0 Å². The number of nitrogens with zero attached hydrogens (tertiary/aromatic N) is 1. The third-order valence-corrected chi connectivity index (χ3v) is 4.54. The normalized spacial score (nSPS) is 17.4. The molecule has 0 radical (unpaired) electrons. The fraction of sp³-hybridized carbons (Fsp3) is 0.619. The Hall–Kier alpha value is -2.24. The minimum Gasteiger partial charge on any atom is -0.494 e. The molecular weight excluding hydrogens is 344 g/mol. The summed E-state index contributed by atoms with van der Waals surface area (Å²) >= 11 is 0. The molecule has 1 fully saturated rings. The molecule has 1 heterocycles. The standard InChI is InChI=1S/C21H32N2O4/c1-6-26-16-10-11-18(27-7-2)17(13-16)22-19(24)15-9-8-12-23(14-15)20(25)21(3,4)5/h10-11,13,15H,6-9,12,14H2,1-5H3,(H,22,24). The molecule has 1 unspecified atom stereocenters. The number of carbonyl (C=O) groups is 2. The maximum Gasteiger partial charge on any atom is 0.229 e. The summed E-state index contributed by atoms with van der Waals surface area (Å²) in [5.41, 5.74) is 0.166. The van der Waals surface area contributed by atoms with E-state index in [2.05, 4.69) is 5.32 Å². The van der Waals surface area contributed by atoms with Crippen LogP contribution in [0.3, 0.4) is 0 Å². The number of anilines is 1. The highest BCUT2D eigenvalue weighted by molar-refractivity contribution is 5.95. The van der Waals surface area contributed by atoms with Gasteiger partial charge in [-0.2, -0.15) is 0 Å². The quantitative estimate of drug-likeness (QED) is 0.822. The molecule has 0 bridgehead atoms. The number of ether oxygens (including phenoxy) is 2. The predicted molar refractivity (Wildman–Crippen MR) is 106 cm³/mol. The van der Waals surface area contributed by atoms with E-state index >= 15 is 0 Å². The van der Waals surface area contributed by atoms with Crippen LogP contribution in [0.2, 0.25) is 0 Å². The molecule has 6 nitrogen and oxygen atoms in total. The molecule has 6 heteroatoms. The number of carbonyl (C=O) groups excluding carboxylic acids is 2. The Kier molecular flexibility index (Phi) is 7.11. The summed E-state index contributed by atoms with van der Waals surface area (Å²) in [6.45, 7) is 11.8. The fourth-order valence-corrected chi connectivity index (χ4v) is 3.23. The average Bonchev–Trinajstić information content (AvgIpc) is 2.63. The maximum absolute atomic E-state index is 12.9. The highest BCUT2D eigenvalue weighted by Crippen LogP contribution is 2.31. The zero-order valence-electron chi connectivity index (χ0n) is 17.1. The molecule has 0 saturated carbocycles. The zero-order valence-corrected chi connectivity index (χ0v) is 17.1. The lowest BCUT2D eigenvalue weighted by Gasteiger charge is -2.36. The van der Waals surface area contributed by atoms with Crippen LogP contribution in [0.4, 0.5) is 5.69 Å². The first-order valence-corrected chi connectivity index (χ1v) is 9.76. The van der Waals surface area contributed by atoms with Crippen molar-refractivity contribution in [3.8, 4) is 11.5 Å². The van der Waals surface area contributed by atoms with Crippen molar-refractivity contribution in [2.75, 3.05) is 31.6 Å². The molecular formula is C21H32N2O4. The summed E-state index contributed by atoms with van der Waals surface area (Å²) in [6, 6.07) is 5.42. The van der Waals surface area contributed by atoms with Crippen LogP contribution in [0.15, 0.2) is 18.2 Å². The van der Waals surface area contributed by atoms with E-state index in [4.69, 9.17) is 9.47 Å². The first-order chi connectivity index (χ1) is 12.8. The Morgan fingerprint density at radius 2 is 1.89 bits per heavy atom. The average molecular weight is 376 g/mol. The Bertz CT molecular complexity index is 667. The predicted octanol–water partition coefficient (Wildman–Crippen LogP) is 3.71. The van der Waals surface area contributed by atoms with E-state index in [1.165, 1.54) is 0 Å². The van der Waals surface area contributed by atoms with Crippen LogP contribution in [0, 0.1) is 11.3 Å². The van der Waals surface area contributed by atoms with Crippen LogP contribution in [0.5, 0.6) is 11.5 Å². The number of benzene rings is 1. The molecule has 1 N–H and O–H groups in total. The molecule has 1 aromatic rings. The number of rotatable bonds is 6. The van der Waals surface area contributed by atoms with Crippen molar-refractivity contribution < 1.29 is 19.1 Å². The van der Waals surface area contributed by atoms with E-state index in [9.17, 15) is 9.59 Å². The molecule has 1 atom stereocenters. The lowest BCUT2D eigenvalue weighted by Crippen LogP contribution is -2.47. The van der Waals surface area contributed by atoms with E-state index in [1.807, 2.05) is 45.6 Å². The maximum atomic E-state index is 12.9. The smallest absolute Gasteiger partial charge is 0.229 e. The van der Waals surface area contributed by atoms with Crippen molar-refractivity contribution in [2.24, 2.45) is 11.3 Å². The monoisotopic (exact) mass is 376 g/mol. The summed E-state index contributed by atoms with van der Waals surface area (Å²) in [4.78, 5) is 27.2. The van der Waals surface area contributed by atoms with Gasteiger partial charge in [0.05, 0.1) is 24.8 Å². The summed E-state index contributed by atoms with van der Waals surface area (Å²) in [5.74, 6) is 1.08. The molecule has 27 heavy (non-hydrogen) atoms. The Morgan fingerprint density at radius 1 is 1.19 bits per heavy atom. The molecule has 150 valence electrons. The minimum atomic E-state index is -0.438. The summed E-state index contributed by atoms with van der Waals surface area (Å²) in [6.07, 6.45) is 1.60. The second-order valence-corrected chi connectivity index (χ2v) is 7.85. The van der Waals surface area contributed by atoms with Crippen LogP contribution < -0.4 is 14.8 Å². The topological polar surface area (TPSA) is 67.9 Å². The molecule has 0 spiro atoms. The third-order valence-electron chi connectivity index (χ3n) is 4.54. The molecule has 1 saturated heterocycles. The fourth-order valence-electron chi connectivity index (χ4n) is 3.23. The van der Waals surface area contributed by atoms with Gasteiger partial charge in [-0.1, -0.05) is 20.8 Å². The highest BCUT2D eigenvalue weighted by Gasteiger charge is 2.33. The molecule has 2 amide bonds. The van der Waals surface area contributed by atoms with Crippen LogP contribution in [-0.4, -0.2) is 43.0 Å². The lowest BCUT2D eigenvalue weighted by atomic mass is 9.91. The van der Waals surface area contributed by atoms with Gasteiger partial charge in [0.2, 0.25) is 11.8 Å². The number of likely N-dealkylation sites (tertiary alicyclic amines) is 1. The van der Waals surface area contributed by atoms with E-state index in [-0.39, 0.29) is 17.7 Å². The Balaban J connectivity index is 2.11. The van der Waals surface area contributed by atoms with E-state index in [0.29, 0.717) is 43.5 Å². The van der Waals surface area contributed by atoms with Crippen LogP contribution in [0.25, 0.3) is 0 Å². The van der Waals surface area contributed by atoms with Gasteiger partial charge in [0.25, 0.3) is 0 Å². The van der Waals surface area contributed by atoms with Crippen molar-refractivity contribution in [3.63, 3.8) is 0 Å². The summed E-state index contributed by atoms with van der Waals surface area (Å²) in [7, 11) is 0. The van der Waals surface area contributed by atoms with Crippen molar-refractivity contribution in [2.45, 2.75) is 47.5 Å². The van der Waals surface area contributed by atoms with E-state index < -0.39 is 5.41 Å². The number of hydrogen-bond donors (Lipinski definition) is 1. The highest BCUT2D eigenvalue weighted by atomic mass is 16.5. The van der Waals surface area contributed by atoms with Gasteiger partial charge in [-0.3, -0.25) is 9.59 Å². The largest absolute Gasteiger partial charge is 0.494 e. The van der Waals surface area contributed by atoms with Gasteiger partial charge in [-0.25, -0.2) is 0 Å². The molecule has 2 rings (SSSR count). The first kappa shape index (κ1) is 21.1.